The number of hydrogen-bond donors (Lipinski definition) is 5. The molecule has 7 N–H and O–H groups in total. The molecule has 2 amide bonds. The smallest absolute Gasteiger partial charge is 0.255 e. The highest BCUT2D eigenvalue weighted by Gasteiger charge is 2.15. The first-order chi connectivity index (χ1) is 13.8. The van der Waals surface area contributed by atoms with Gasteiger partial charge < -0.3 is 27.2 Å². The SMILES string of the molecule is Cc1c(N)cccc1NC(=O)c1cc(O)cc(C(=O)Nc2cccc(N)c2C)c1. The van der Waals surface area contributed by atoms with Crippen LogP contribution in [0.3, 0.4) is 0 Å². The molecule has 3 rings (SSSR count). The monoisotopic (exact) mass is 390 g/mol. The molecule has 0 aliphatic carbocycles. The zero-order valence-corrected chi connectivity index (χ0v) is 16.1. The highest BCUT2D eigenvalue weighted by molar-refractivity contribution is 6.09. The molecule has 0 aliphatic rings. The Hall–Kier alpha value is -4.00. The zero-order valence-electron chi connectivity index (χ0n) is 16.1. The summed E-state index contributed by atoms with van der Waals surface area (Å²) in [6.07, 6.45) is 0. The number of carbonyl (C=O) groups excluding carboxylic acids is 2. The van der Waals surface area contributed by atoms with E-state index in [1.54, 1.807) is 50.2 Å². The number of anilines is 4. The van der Waals surface area contributed by atoms with Crippen LogP contribution in [0.5, 0.6) is 5.75 Å². The lowest BCUT2D eigenvalue weighted by atomic mass is 10.1. The first kappa shape index (κ1) is 19.8. The number of nitrogens with one attached hydrogen (secondary N) is 2. The van der Waals surface area contributed by atoms with Gasteiger partial charge in [0.1, 0.15) is 5.75 Å². The van der Waals surface area contributed by atoms with Crippen LogP contribution in [0, 0.1) is 13.8 Å². The van der Waals surface area contributed by atoms with E-state index in [1.165, 1.54) is 18.2 Å². The van der Waals surface area contributed by atoms with Crippen molar-refractivity contribution in [3.05, 3.63) is 76.9 Å². The van der Waals surface area contributed by atoms with E-state index in [1.807, 2.05) is 0 Å². The molecule has 0 heterocycles. The molecule has 0 radical (unpaired) electrons. The van der Waals surface area contributed by atoms with Crippen LogP contribution in [0.4, 0.5) is 22.7 Å². The van der Waals surface area contributed by atoms with E-state index in [9.17, 15) is 14.7 Å². The molecular formula is C22H22N4O3. The van der Waals surface area contributed by atoms with E-state index in [2.05, 4.69) is 10.6 Å². The molecule has 0 saturated heterocycles. The number of nitrogen functional groups attached to an aromatic ring is 2. The second-order valence-corrected chi connectivity index (χ2v) is 6.72. The molecule has 0 saturated carbocycles. The number of nitrogens with two attached hydrogens (primary N) is 2. The molecule has 29 heavy (non-hydrogen) atoms. The van der Waals surface area contributed by atoms with Crippen LogP contribution in [0.2, 0.25) is 0 Å². The quantitative estimate of drug-likeness (QED) is 0.434. The van der Waals surface area contributed by atoms with E-state index in [4.69, 9.17) is 11.5 Å². The summed E-state index contributed by atoms with van der Waals surface area (Å²) in [5, 5.41) is 15.5. The summed E-state index contributed by atoms with van der Waals surface area (Å²) in [5.74, 6) is -1.14. The Bertz CT molecular complexity index is 1030. The van der Waals surface area contributed by atoms with Crippen LogP contribution < -0.4 is 22.1 Å². The Labute approximate surface area is 168 Å². The van der Waals surface area contributed by atoms with Crippen molar-refractivity contribution in [3.8, 4) is 5.75 Å². The number of hydrogen-bond acceptors (Lipinski definition) is 5. The second kappa shape index (κ2) is 7.93. The Morgan fingerprint density at radius 1 is 0.759 bits per heavy atom. The normalized spacial score (nSPS) is 10.4. The van der Waals surface area contributed by atoms with E-state index in [0.717, 1.165) is 11.1 Å². The summed E-state index contributed by atoms with van der Waals surface area (Å²) >= 11 is 0. The van der Waals surface area contributed by atoms with Gasteiger partial charge in [-0.15, -0.1) is 0 Å². The minimum Gasteiger partial charge on any atom is -0.508 e. The van der Waals surface area contributed by atoms with Crippen LogP contribution in [0.25, 0.3) is 0 Å². The van der Waals surface area contributed by atoms with Gasteiger partial charge in [-0.3, -0.25) is 9.59 Å². The van der Waals surface area contributed by atoms with Gasteiger partial charge in [-0.1, -0.05) is 12.1 Å². The number of phenolic OH excluding ortho intramolecular Hbond substituents is 1. The molecular weight excluding hydrogens is 368 g/mol. The third kappa shape index (κ3) is 4.30. The lowest BCUT2D eigenvalue weighted by molar-refractivity contribution is 0.102. The van der Waals surface area contributed by atoms with Gasteiger partial charge in [0.05, 0.1) is 0 Å². The van der Waals surface area contributed by atoms with Crippen molar-refractivity contribution in [1.29, 1.82) is 0 Å². The minimum atomic E-state index is -0.469. The molecule has 0 bridgehead atoms. The number of carbonyl (C=O) groups is 2. The first-order valence-electron chi connectivity index (χ1n) is 8.93. The predicted molar refractivity (Wildman–Crippen MR) is 115 cm³/mol. The fourth-order valence-electron chi connectivity index (χ4n) is 2.84. The van der Waals surface area contributed by atoms with Crippen LogP contribution in [0.1, 0.15) is 31.8 Å². The third-order valence-electron chi connectivity index (χ3n) is 4.69. The predicted octanol–water partition coefficient (Wildman–Crippen LogP) is 3.68. The lowest BCUT2D eigenvalue weighted by Crippen LogP contribution is -2.16. The van der Waals surface area contributed by atoms with Crippen molar-refractivity contribution >= 4 is 34.6 Å². The summed E-state index contributed by atoms with van der Waals surface area (Å²) < 4.78 is 0. The van der Waals surface area contributed by atoms with Gasteiger partial charge in [-0.2, -0.15) is 0 Å². The largest absolute Gasteiger partial charge is 0.508 e. The summed E-state index contributed by atoms with van der Waals surface area (Å²) in [4.78, 5) is 25.3. The van der Waals surface area contributed by atoms with Gasteiger partial charge in [0.2, 0.25) is 0 Å². The molecule has 148 valence electrons. The minimum absolute atomic E-state index is 0.140. The van der Waals surface area contributed by atoms with E-state index >= 15 is 0 Å². The second-order valence-electron chi connectivity index (χ2n) is 6.72. The summed E-state index contributed by atoms with van der Waals surface area (Å²) in [5.41, 5.74) is 15.7. The lowest BCUT2D eigenvalue weighted by Gasteiger charge is -2.12. The van der Waals surface area contributed by atoms with Crippen LogP contribution in [-0.4, -0.2) is 16.9 Å². The van der Waals surface area contributed by atoms with Crippen molar-refractivity contribution < 1.29 is 14.7 Å². The summed E-state index contributed by atoms with van der Waals surface area (Å²) in [6, 6.07) is 14.4. The van der Waals surface area contributed by atoms with Crippen molar-refractivity contribution in [1.82, 2.24) is 0 Å². The Morgan fingerprint density at radius 2 is 1.17 bits per heavy atom. The standard InChI is InChI=1S/C22H22N4O3/c1-12-17(23)5-3-7-19(12)25-21(28)14-9-15(11-16(27)10-14)22(29)26-20-8-4-6-18(24)13(20)2/h3-11,27H,23-24H2,1-2H3,(H,25,28)(H,26,29). The van der Waals surface area contributed by atoms with Gasteiger partial charge in [0, 0.05) is 33.9 Å². The van der Waals surface area contributed by atoms with Gasteiger partial charge >= 0.3 is 0 Å². The van der Waals surface area contributed by atoms with Crippen LogP contribution in [-0.2, 0) is 0 Å². The number of phenols is 1. The molecule has 3 aromatic carbocycles. The molecule has 0 unspecified atom stereocenters. The number of aromatic hydroxyl groups is 1. The molecule has 0 spiro atoms. The maximum Gasteiger partial charge on any atom is 0.255 e. The van der Waals surface area contributed by atoms with Crippen LogP contribution in [0.15, 0.2) is 54.6 Å². The molecule has 3 aromatic rings. The number of amides is 2. The molecule has 7 nitrogen and oxygen atoms in total. The number of benzene rings is 3. The summed E-state index contributed by atoms with van der Waals surface area (Å²) in [6.45, 7) is 3.58. The van der Waals surface area contributed by atoms with Gasteiger partial charge in [-0.05, 0) is 67.4 Å². The van der Waals surface area contributed by atoms with Gasteiger partial charge in [0.15, 0.2) is 0 Å². The molecule has 7 heteroatoms. The maximum atomic E-state index is 12.7. The fourth-order valence-corrected chi connectivity index (χ4v) is 2.84. The molecule has 0 aliphatic heterocycles. The van der Waals surface area contributed by atoms with Gasteiger partial charge in [-0.25, -0.2) is 0 Å². The molecule has 0 aromatic heterocycles. The van der Waals surface area contributed by atoms with E-state index < -0.39 is 11.8 Å². The van der Waals surface area contributed by atoms with Crippen molar-refractivity contribution in [3.63, 3.8) is 0 Å². The fraction of sp³-hybridized carbons (Fsp3) is 0.0909. The molecule has 0 fully saturated rings. The number of rotatable bonds is 4. The van der Waals surface area contributed by atoms with E-state index in [0.29, 0.717) is 22.7 Å². The highest BCUT2D eigenvalue weighted by Crippen LogP contribution is 2.24. The van der Waals surface area contributed by atoms with Crippen LogP contribution >= 0.6 is 0 Å². The zero-order chi connectivity index (χ0) is 21.1. The average molecular weight is 390 g/mol. The van der Waals surface area contributed by atoms with Crippen molar-refractivity contribution in [2.45, 2.75) is 13.8 Å². The van der Waals surface area contributed by atoms with Crippen molar-refractivity contribution in [2.24, 2.45) is 0 Å². The third-order valence-corrected chi connectivity index (χ3v) is 4.69. The Morgan fingerprint density at radius 3 is 1.59 bits per heavy atom. The highest BCUT2D eigenvalue weighted by atomic mass is 16.3. The van der Waals surface area contributed by atoms with E-state index in [-0.39, 0.29) is 16.9 Å². The molecule has 0 atom stereocenters. The average Bonchev–Trinajstić information content (AvgIpc) is 2.68. The van der Waals surface area contributed by atoms with Crippen molar-refractivity contribution in [2.75, 3.05) is 22.1 Å². The Balaban J connectivity index is 1.85. The topological polar surface area (TPSA) is 130 Å². The first-order valence-corrected chi connectivity index (χ1v) is 8.93. The summed E-state index contributed by atoms with van der Waals surface area (Å²) in [7, 11) is 0. The van der Waals surface area contributed by atoms with Gasteiger partial charge in [0.25, 0.3) is 11.8 Å². The Kier molecular flexibility index (Phi) is 5.40. The maximum absolute atomic E-state index is 12.7.